The van der Waals surface area contributed by atoms with Crippen LogP contribution < -0.4 is 5.56 Å². The zero-order valence-electron chi connectivity index (χ0n) is 16.4. The van der Waals surface area contributed by atoms with Crippen molar-refractivity contribution in [1.82, 2.24) is 19.9 Å². The number of aromatic amines is 2. The molecule has 0 unspecified atom stereocenters. The molecular weight excluding hydrogens is 403 g/mol. The van der Waals surface area contributed by atoms with Crippen molar-refractivity contribution < 1.29 is 4.39 Å². The highest BCUT2D eigenvalue weighted by Gasteiger charge is 2.23. The normalized spacial score (nSPS) is 15.9. The molecule has 2 aromatic carbocycles. The Bertz CT molecular complexity index is 1270. The first-order chi connectivity index (χ1) is 14.6. The maximum atomic E-state index is 13.4. The second-order valence-corrected chi connectivity index (χ2v) is 8.42. The Kier molecular flexibility index (Phi) is 5.05. The van der Waals surface area contributed by atoms with E-state index in [1.807, 2.05) is 12.3 Å². The minimum atomic E-state index is -0.221. The van der Waals surface area contributed by atoms with E-state index in [1.54, 1.807) is 18.2 Å². The number of halogens is 2. The van der Waals surface area contributed by atoms with Gasteiger partial charge in [-0.05, 0) is 74.3 Å². The van der Waals surface area contributed by atoms with Crippen molar-refractivity contribution in [2.75, 3.05) is 19.6 Å². The second kappa shape index (κ2) is 7.85. The fraction of sp³-hybridized carbons (Fsp3) is 0.304. The molecule has 0 amide bonds. The molecule has 1 aliphatic rings. The molecule has 3 heterocycles. The average molecular weight is 425 g/mol. The summed E-state index contributed by atoms with van der Waals surface area (Å²) < 4.78 is 13.4. The highest BCUT2D eigenvalue weighted by molar-refractivity contribution is 6.31. The minimum absolute atomic E-state index is 0.129. The highest BCUT2D eigenvalue weighted by atomic mass is 35.5. The van der Waals surface area contributed by atoms with Crippen LogP contribution in [0.15, 0.2) is 47.4 Å². The second-order valence-electron chi connectivity index (χ2n) is 7.98. The summed E-state index contributed by atoms with van der Waals surface area (Å²) in [6, 6.07) is 10.1. The van der Waals surface area contributed by atoms with Gasteiger partial charge in [-0.1, -0.05) is 11.6 Å². The van der Waals surface area contributed by atoms with E-state index < -0.39 is 0 Å². The van der Waals surface area contributed by atoms with Gasteiger partial charge in [0.15, 0.2) is 0 Å². The lowest BCUT2D eigenvalue weighted by Crippen LogP contribution is -2.35. The van der Waals surface area contributed by atoms with Crippen LogP contribution in [-0.4, -0.2) is 39.5 Å². The van der Waals surface area contributed by atoms with E-state index in [4.69, 9.17) is 11.6 Å². The maximum Gasteiger partial charge on any atom is 0.258 e. The van der Waals surface area contributed by atoms with E-state index in [0.717, 1.165) is 55.6 Å². The van der Waals surface area contributed by atoms with Gasteiger partial charge in [0.05, 0.1) is 10.9 Å². The number of hydrogen-bond donors (Lipinski definition) is 2. The molecule has 2 N–H and O–H groups in total. The molecule has 0 saturated carbocycles. The molecule has 1 aliphatic heterocycles. The summed E-state index contributed by atoms with van der Waals surface area (Å²) in [4.78, 5) is 25.7. The van der Waals surface area contributed by atoms with Gasteiger partial charge in [0.2, 0.25) is 0 Å². The summed E-state index contributed by atoms with van der Waals surface area (Å²) in [5.74, 6) is 0.805. The Labute approximate surface area is 177 Å². The summed E-state index contributed by atoms with van der Waals surface area (Å²) >= 11 is 6.00. The van der Waals surface area contributed by atoms with Crippen molar-refractivity contribution >= 4 is 33.4 Å². The molecule has 4 aromatic rings. The van der Waals surface area contributed by atoms with Gasteiger partial charge in [-0.2, -0.15) is 0 Å². The van der Waals surface area contributed by atoms with Gasteiger partial charge in [-0.15, -0.1) is 0 Å². The molecule has 0 radical (unpaired) electrons. The van der Waals surface area contributed by atoms with Gasteiger partial charge in [0.1, 0.15) is 11.6 Å². The zero-order valence-corrected chi connectivity index (χ0v) is 17.2. The van der Waals surface area contributed by atoms with Crippen LogP contribution in [-0.2, 0) is 6.42 Å². The maximum absolute atomic E-state index is 13.4. The number of likely N-dealkylation sites (tertiary alicyclic amines) is 1. The van der Waals surface area contributed by atoms with Crippen molar-refractivity contribution in [3.05, 3.63) is 75.2 Å². The molecule has 5 rings (SSSR count). The summed E-state index contributed by atoms with van der Waals surface area (Å²) in [6.07, 6.45) is 4.82. The monoisotopic (exact) mass is 424 g/mol. The Hall–Kier alpha value is -2.70. The van der Waals surface area contributed by atoms with Crippen LogP contribution >= 0.6 is 11.6 Å². The van der Waals surface area contributed by atoms with Crippen LogP contribution in [0.25, 0.3) is 21.8 Å². The molecule has 0 atom stereocenters. The first-order valence-electron chi connectivity index (χ1n) is 10.2. The molecule has 0 spiro atoms. The number of hydrogen-bond acceptors (Lipinski definition) is 3. The van der Waals surface area contributed by atoms with Crippen molar-refractivity contribution in [3.8, 4) is 0 Å². The number of fused-ring (bicyclic) bond motifs is 2. The summed E-state index contributed by atoms with van der Waals surface area (Å²) in [5.41, 5.74) is 2.62. The van der Waals surface area contributed by atoms with Gasteiger partial charge in [-0.25, -0.2) is 9.37 Å². The van der Waals surface area contributed by atoms with E-state index in [1.165, 1.54) is 17.7 Å². The fourth-order valence-corrected chi connectivity index (χ4v) is 4.57. The third-order valence-electron chi connectivity index (χ3n) is 6.09. The van der Waals surface area contributed by atoms with E-state index in [-0.39, 0.29) is 17.3 Å². The van der Waals surface area contributed by atoms with Crippen molar-refractivity contribution in [2.45, 2.75) is 25.2 Å². The van der Waals surface area contributed by atoms with Crippen molar-refractivity contribution in [2.24, 2.45) is 0 Å². The number of aromatic nitrogens is 3. The van der Waals surface area contributed by atoms with Crippen LogP contribution in [0.3, 0.4) is 0 Å². The SMILES string of the molecule is O=c1[nH]c(C2CCN(CCc3c[nH]c4cc(F)ccc34)CC2)nc2ccc(Cl)cc12. The standard InChI is InChI=1S/C23H22ClFN4O/c24-16-1-4-20-19(11-16)23(30)28-22(27-20)14-5-8-29(9-6-14)10-7-15-13-26-21-12-17(25)2-3-18(15)21/h1-4,11-14,26H,5-10H2,(H,27,28,30). The lowest BCUT2D eigenvalue weighted by atomic mass is 9.95. The van der Waals surface area contributed by atoms with Crippen molar-refractivity contribution in [1.29, 1.82) is 0 Å². The first-order valence-corrected chi connectivity index (χ1v) is 10.6. The lowest BCUT2D eigenvalue weighted by Gasteiger charge is -2.31. The number of rotatable bonds is 4. The first kappa shape index (κ1) is 19.3. The fourth-order valence-electron chi connectivity index (χ4n) is 4.40. The van der Waals surface area contributed by atoms with E-state index in [9.17, 15) is 9.18 Å². The van der Waals surface area contributed by atoms with Crippen LogP contribution in [0.2, 0.25) is 5.02 Å². The molecular formula is C23H22ClFN4O. The van der Waals surface area contributed by atoms with Crippen LogP contribution in [0.4, 0.5) is 4.39 Å². The largest absolute Gasteiger partial charge is 0.361 e. The summed E-state index contributed by atoms with van der Waals surface area (Å²) in [6.45, 7) is 2.88. The Balaban J connectivity index is 1.23. The quantitative estimate of drug-likeness (QED) is 0.502. The predicted octanol–water partition coefficient (Wildman–Crippen LogP) is 4.62. The smallest absolute Gasteiger partial charge is 0.258 e. The molecule has 1 fully saturated rings. The predicted molar refractivity (Wildman–Crippen MR) is 118 cm³/mol. The molecule has 1 saturated heterocycles. The van der Waals surface area contributed by atoms with Gasteiger partial charge < -0.3 is 14.9 Å². The Morgan fingerprint density at radius 2 is 1.97 bits per heavy atom. The topological polar surface area (TPSA) is 64.8 Å². The molecule has 0 aliphatic carbocycles. The third-order valence-corrected chi connectivity index (χ3v) is 6.32. The number of H-pyrrole nitrogens is 2. The average Bonchev–Trinajstić information content (AvgIpc) is 3.15. The van der Waals surface area contributed by atoms with E-state index in [0.29, 0.717) is 15.9 Å². The van der Waals surface area contributed by atoms with Crippen LogP contribution in [0, 0.1) is 5.82 Å². The van der Waals surface area contributed by atoms with Crippen molar-refractivity contribution in [3.63, 3.8) is 0 Å². The van der Waals surface area contributed by atoms with Gasteiger partial charge in [0, 0.05) is 34.6 Å². The van der Waals surface area contributed by atoms with Crippen LogP contribution in [0.1, 0.15) is 30.1 Å². The molecule has 5 nitrogen and oxygen atoms in total. The molecule has 0 bridgehead atoms. The minimum Gasteiger partial charge on any atom is -0.361 e. The Morgan fingerprint density at radius 3 is 2.80 bits per heavy atom. The molecule has 7 heteroatoms. The van der Waals surface area contributed by atoms with E-state index in [2.05, 4.69) is 19.9 Å². The van der Waals surface area contributed by atoms with Crippen LogP contribution in [0.5, 0.6) is 0 Å². The lowest BCUT2D eigenvalue weighted by molar-refractivity contribution is 0.211. The number of nitrogens with one attached hydrogen (secondary N) is 2. The Morgan fingerprint density at radius 1 is 1.13 bits per heavy atom. The van der Waals surface area contributed by atoms with Gasteiger partial charge >= 0.3 is 0 Å². The number of nitrogens with zero attached hydrogens (tertiary/aromatic N) is 2. The number of piperidine rings is 1. The van der Waals surface area contributed by atoms with Gasteiger partial charge in [0.25, 0.3) is 5.56 Å². The highest BCUT2D eigenvalue weighted by Crippen LogP contribution is 2.27. The molecule has 154 valence electrons. The number of benzene rings is 2. The third kappa shape index (κ3) is 3.73. The summed E-state index contributed by atoms with van der Waals surface area (Å²) in [5, 5.41) is 2.16. The van der Waals surface area contributed by atoms with Gasteiger partial charge in [-0.3, -0.25) is 4.79 Å². The van der Waals surface area contributed by atoms with E-state index >= 15 is 0 Å². The molecule has 30 heavy (non-hydrogen) atoms. The zero-order chi connectivity index (χ0) is 20.7. The molecule has 2 aromatic heterocycles. The summed E-state index contributed by atoms with van der Waals surface area (Å²) in [7, 11) is 0.